The number of nitrogens with one attached hydrogen (secondary N) is 1. The second-order valence-corrected chi connectivity index (χ2v) is 19.5. The second kappa shape index (κ2) is 19.6. The van der Waals surface area contributed by atoms with Crippen LogP contribution in [-0.2, 0) is 44.2 Å². The number of nitrogens with zero attached hydrogens (tertiary/aromatic N) is 3. The molecule has 0 radical (unpaired) electrons. The Bertz CT molecular complexity index is 2050. The Morgan fingerprint density at radius 2 is 1.42 bits per heavy atom. The first-order valence-electron chi connectivity index (χ1n) is 18.8. The number of thioether (sulfide) groups is 1. The van der Waals surface area contributed by atoms with Gasteiger partial charge in [-0.1, -0.05) is 48.5 Å². The van der Waals surface area contributed by atoms with E-state index in [0.29, 0.717) is 4.90 Å². The van der Waals surface area contributed by atoms with Gasteiger partial charge in [-0.25, -0.2) is 28.1 Å². The highest BCUT2D eigenvalue weighted by Crippen LogP contribution is 2.50. The number of amides is 2. The number of rotatable bonds is 13. The molecule has 1 aromatic heterocycles. The number of para-hydroxylation sites is 1. The zero-order valence-electron chi connectivity index (χ0n) is 35.1. The molecule has 0 spiro atoms. The lowest BCUT2D eigenvalue weighted by Gasteiger charge is -2.28. The van der Waals surface area contributed by atoms with Crippen molar-refractivity contribution in [1.82, 2.24) is 14.6 Å². The van der Waals surface area contributed by atoms with Crippen LogP contribution in [0.15, 0.2) is 77.7 Å². The fourth-order valence-electron chi connectivity index (χ4n) is 5.20. The third-order valence-electron chi connectivity index (χ3n) is 7.67. The fourth-order valence-corrected chi connectivity index (χ4v) is 8.28. The molecule has 1 fully saturated rings. The number of benzene rings is 2. The van der Waals surface area contributed by atoms with E-state index in [1.54, 1.807) is 105 Å². The number of hydrogen-bond donors (Lipinski definition) is 1. The van der Waals surface area contributed by atoms with Crippen LogP contribution in [0.2, 0.25) is 0 Å². The minimum atomic E-state index is -4.51. The molecule has 2 amide bonds. The van der Waals surface area contributed by atoms with Crippen molar-refractivity contribution < 1.29 is 60.9 Å². The summed E-state index contributed by atoms with van der Waals surface area (Å²) in [7, 11) is -4.51. The van der Waals surface area contributed by atoms with E-state index in [-0.39, 0.29) is 12.4 Å². The van der Waals surface area contributed by atoms with E-state index in [2.05, 4.69) is 10.1 Å². The molecule has 0 aliphatic carbocycles. The van der Waals surface area contributed by atoms with Crippen LogP contribution in [0.3, 0.4) is 0 Å². The molecule has 328 valence electrons. The average molecular weight is 879 g/mol. The molecule has 60 heavy (non-hydrogen) atoms. The van der Waals surface area contributed by atoms with Gasteiger partial charge in [0.25, 0.3) is 0 Å². The molecule has 1 saturated heterocycles. The van der Waals surface area contributed by atoms with E-state index in [1.165, 1.54) is 19.1 Å². The van der Waals surface area contributed by atoms with E-state index in [4.69, 9.17) is 32.7 Å². The van der Waals surface area contributed by atoms with Crippen LogP contribution in [0.5, 0.6) is 5.75 Å². The van der Waals surface area contributed by atoms with Gasteiger partial charge in [-0.15, -0.1) is 11.8 Å². The Hall–Kier alpha value is -4.97. The highest BCUT2D eigenvalue weighted by atomic mass is 32.2. The lowest BCUT2D eigenvalue weighted by atomic mass is 10.1. The van der Waals surface area contributed by atoms with Gasteiger partial charge in [0.2, 0.25) is 0 Å². The molecule has 0 saturated carbocycles. The minimum Gasteiger partial charge on any atom is -0.460 e. The lowest BCUT2D eigenvalue weighted by Crippen LogP contribution is -2.45. The van der Waals surface area contributed by atoms with Crippen LogP contribution in [0.4, 0.5) is 24.6 Å². The normalized spacial score (nSPS) is 19.6. The number of esters is 1. The molecule has 20 heteroatoms. The average Bonchev–Trinajstić information content (AvgIpc) is 3.42. The van der Waals surface area contributed by atoms with Gasteiger partial charge in [-0.3, -0.25) is 13.9 Å². The summed E-state index contributed by atoms with van der Waals surface area (Å²) in [6, 6.07) is 16.7. The first-order valence-corrected chi connectivity index (χ1v) is 21.3. The lowest BCUT2D eigenvalue weighted by molar-refractivity contribution is -0.146. The molecule has 2 heterocycles. The maximum absolute atomic E-state index is 16.6. The number of anilines is 1. The Morgan fingerprint density at radius 1 is 0.867 bits per heavy atom. The Kier molecular flexibility index (Phi) is 15.6. The number of aromatic nitrogens is 2. The summed E-state index contributed by atoms with van der Waals surface area (Å²) in [5.74, 6) is -1.15. The number of alkyl halides is 1. The molecule has 1 unspecified atom stereocenters. The Labute approximate surface area is 352 Å². The van der Waals surface area contributed by atoms with Gasteiger partial charge >= 0.3 is 37.7 Å². The van der Waals surface area contributed by atoms with Crippen molar-refractivity contribution in [2.24, 2.45) is 0 Å². The van der Waals surface area contributed by atoms with Crippen molar-refractivity contribution in [1.29, 1.82) is 0 Å². The number of carbonyl (C=O) groups is 4. The van der Waals surface area contributed by atoms with Gasteiger partial charge in [-0.05, 0) is 93.0 Å². The first-order chi connectivity index (χ1) is 27.8. The van der Waals surface area contributed by atoms with E-state index in [0.717, 1.165) is 34.2 Å². The summed E-state index contributed by atoms with van der Waals surface area (Å²) in [5.41, 5.74) is -3.52. The smallest absolute Gasteiger partial charge is 0.460 e. The van der Waals surface area contributed by atoms with Crippen molar-refractivity contribution in [3.05, 3.63) is 89.0 Å². The third kappa shape index (κ3) is 14.3. The molecule has 17 nitrogen and oxygen atoms in total. The fraction of sp³-hybridized carbons (Fsp3) is 0.500. The molecule has 4 rings (SSSR count). The highest BCUT2D eigenvalue weighted by Gasteiger charge is 2.50. The Morgan fingerprint density at radius 3 is 1.95 bits per heavy atom. The third-order valence-corrected chi connectivity index (χ3v) is 10.8. The molecule has 1 aliphatic rings. The van der Waals surface area contributed by atoms with Crippen molar-refractivity contribution in [2.45, 2.75) is 122 Å². The van der Waals surface area contributed by atoms with E-state index < -0.39 is 95.9 Å². The molecule has 0 bridgehead atoms. The maximum Gasteiger partial charge on any atom is 0.509 e. The van der Waals surface area contributed by atoms with E-state index in [9.17, 15) is 28.5 Å². The summed E-state index contributed by atoms with van der Waals surface area (Å²) in [4.78, 5) is 70.3. The number of imide groups is 1. The predicted octanol–water partition coefficient (Wildman–Crippen LogP) is 8.12. The largest absolute Gasteiger partial charge is 0.509 e. The summed E-state index contributed by atoms with van der Waals surface area (Å²) in [5, 5.41) is -0.0640. The van der Waals surface area contributed by atoms with E-state index in [1.807, 2.05) is 6.07 Å². The first kappa shape index (κ1) is 47.7. The quantitative estimate of drug-likeness (QED) is 0.0979. The van der Waals surface area contributed by atoms with Crippen LogP contribution in [-0.4, -0.2) is 80.8 Å². The van der Waals surface area contributed by atoms with Gasteiger partial charge in [0, 0.05) is 6.20 Å². The van der Waals surface area contributed by atoms with Crippen molar-refractivity contribution >= 4 is 49.6 Å². The van der Waals surface area contributed by atoms with Crippen LogP contribution < -0.4 is 20.2 Å². The summed E-state index contributed by atoms with van der Waals surface area (Å²) in [6.45, 7) is 14.9. The molecule has 6 atom stereocenters. The molecule has 1 N–H and O–H groups in total. The number of carbonyl (C=O) groups excluding carboxylic acids is 4. The van der Waals surface area contributed by atoms with Gasteiger partial charge in [0.1, 0.15) is 40.6 Å². The summed E-state index contributed by atoms with van der Waals surface area (Å²) >= 11 is 0.772. The van der Waals surface area contributed by atoms with Crippen molar-refractivity contribution in [3.63, 3.8) is 0 Å². The second-order valence-electron chi connectivity index (χ2n) is 16.5. The molecule has 2 aromatic carbocycles. The monoisotopic (exact) mass is 878 g/mol. The molecule has 1 aliphatic heterocycles. The van der Waals surface area contributed by atoms with E-state index >= 15 is 4.39 Å². The standard InChI is InChI=1S/C40H52FN4O13PS/c1-25(33(46)52-23-26-17-13-11-14-18-26)43-59(51,58-27-19-15-12-16-20-27)53-24-28-31(54-37(50)57-40(8,9)10)30(41)32(60-28)44-22-21-29(42-34(44)47)45(35(48)55-38(2,3)4)36(49)56-39(5,6)7/h11-22,25,28,30-32H,23-24H2,1-10H3,(H,43,51)/t25-,28+,30-,31+,32+,59?/m0/s1. The van der Waals surface area contributed by atoms with Crippen molar-refractivity contribution in [3.8, 4) is 5.75 Å². The van der Waals surface area contributed by atoms with Gasteiger partial charge in [0.05, 0.1) is 11.9 Å². The van der Waals surface area contributed by atoms with Gasteiger partial charge in [0.15, 0.2) is 18.1 Å². The zero-order valence-corrected chi connectivity index (χ0v) is 36.8. The van der Waals surface area contributed by atoms with Crippen LogP contribution >= 0.6 is 19.5 Å². The number of halogens is 1. The number of ether oxygens (including phenoxy) is 5. The molecular weight excluding hydrogens is 826 g/mol. The molecule has 3 aromatic rings. The number of hydrogen-bond acceptors (Lipinski definition) is 15. The zero-order chi connectivity index (χ0) is 44.6. The topological polar surface area (TPSA) is 200 Å². The van der Waals surface area contributed by atoms with Gasteiger partial charge in [-0.2, -0.15) is 15.0 Å². The van der Waals surface area contributed by atoms with Crippen LogP contribution in [0.25, 0.3) is 0 Å². The van der Waals surface area contributed by atoms with Crippen LogP contribution in [0, 0.1) is 0 Å². The summed E-state index contributed by atoms with van der Waals surface area (Å²) < 4.78 is 70.3. The van der Waals surface area contributed by atoms with Crippen molar-refractivity contribution in [2.75, 3.05) is 11.5 Å². The maximum atomic E-state index is 16.6. The summed E-state index contributed by atoms with van der Waals surface area (Å²) in [6.07, 6.45) is -6.30. The van der Waals surface area contributed by atoms with Gasteiger partial charge < -0.3 is 28.2 Å². The molecular formula is C40H52FN4O13PS. The SMILES string of the molecule is C[C@H](NP(=O)(OC[C@H]1S[C@@H](n2ccc(N(C(=O)OC(C)(C)C)C(=O)OC(C)(C)C)nc2=O)[C@@H](F)[C@@H]1OC(=O)OC(C)(C)C)Oc1ccccc1)C(=O)OCc1ccccc1. The van der Waals surface area contributed by atoms with Crippen LogP contribution in [0.1, 0.15) is 80.2 Å². The predicted molar refractivity (Wildman–Crippen MR) is 219 cm³/mol. The Balaban J connectivity index is 1.64. The highest BCUT2D eigenvalue weighted by molar-refractivity contribution is 8.00. The minimum absolute atomic E-state index is 0.0622.